The SMILES string of the molecule is CC(C)CNC(=O)c1ccccc1NC(=O)CSc1nnc(C2CC2)n1N. The van der Waals surface area contributed by atoms with E-state index in [-0.39, 0.29) is 17.6 Å². The molecule has 0 aliphatic heterocycles. The average molecular weight is 388 g/mol. The van der Waals surface area contributed by atoms with Crippen LogP contribution in [0.3, 0.4) is 0 Å². The normalized spacial score (nSPS) is 13.6. The van der Waals surface area contributed by atoms with Gasteiger partial charge >= 0.3 is 0 Å². The predicted octanol–water partition coefficient (Wildman–Crippen LogP) is 1.99. The lowest BCUT2D eigenvalue weighted by molar-refractivity contribution is -0.113. The van der Waals surface area contributed by atoms with Crippen molar-refractivity contribution in [1.29, 1.82) is 0 Å². The molecule has 0 spiro atoms. The van der Waals surface area contributed by atoms with Crippen LogP contribution in [0.2, 0.25) is 0 Å². The minimum atomic E-state index is -0.236. The van der Waals surface area contributed by atoms with Crippen molar-refractivity contribution in [2.45, 2.75) is 37.8 Å². The first-order chi connectivity index (χ1) is 13.0. The summed E-state index contributed by atoms with van der Waals surface area (Å²) >= 11 is 1.22. The molecular formula is C18H24N6O2S. The summed E-state index contributed by atoms with van der Waals surface area (Å²) in [7, 11) is 0. The van der Waals surface area contributed by atoms with Gasteiger partial charge in [0.05, 0.1) is 17.0 Å². The van der Waals surface area contributed by atoms with E-state index in [0.29, 0.717) is 34.8 Å². The van der Waals surface area contributed by atoms with Crippen LogP contribution in [0.15, 0.2) is 29.4 Å². The van der Waals surface area contributed by atoms with E-state index in [1.54, 1.807) is 24.3 Å². The third-order valence-corrected chi connectivity index (χ3v) is 5.03. The minimum absolute atomic E-state index is 0.127. The van der Waals surface area contributed by atoms with E-state index in [4.69, 9.17) is 5.84 Å². The first-order valence-electron chi connectivity index (χ1n) is 8.96. The topological polar surface area (TPSA) is 115 Å². The Bertz CT molecular complexity index is 831. The van der Waals surface area contributed by atoms with Gasteiger partial charge < -0.3 is 16.5 Å². The fourth-order valence-electron chi connectivity index (χ4n) is 2.51. The highest BCUT2D eigenvalue weighted by Crippen LogP contribution is 2.39. The third kappa shape index (κ3) is 5.00. The van der Waals surface area contributed by atoms with E-state index in [9.17, 15) is 9.59 Å². The molecule has 0 saturated heterocycles. The number of nitrogens with zero attached hydrogens (tertiary/aromatic N) is 3. The number of para-hydroxylation sites is 1. The molecule has 144 valence electrons. The number of nitrogens with two attached hydrogens (primary N) is 1. The van der Waals surface area contributed by atoms with Crippen molar-refractivity contribution in [2.24, 2.45) is 5.92 Å². The summed E-state index contributed by atoms with van der Waals surface area (Å²) in [5.74, 6) is 7.18. The fraction of sp³-hybridized carbons (Fsp3) is 0.444. The molecule has 1 saturated carbocycles. The fourth-order valence-corrected chi connectivity index (χ4v) is 3.17. The smallest absolute Gasteiger partial charge is 0.253 e. The number of thioether (sulfide) groups is 1. The van der Waals surface area contributed by atoms with Gasteiger partial charge in [-0.3, -0.25) is 9.59 Å². The summed E-state index contributed by atoms with van der Waals surface area (Å²) in [6.07, 6.45) is 2.16. The molecule has 8 nitrogen and oxygen atoms in total. The lowest BCUT2D eigenvalue weighted by Gasteiger charge is -2.12. The van der Waals surface area contributed by atoms with E-state index < -0.39 is 0 Å². The highest BCUT2D eigenvalue weighted by atomic mass is 32.2. The van der Waals surface area contributed by atoms with Crippen LogP contribution >= 0.6 is 11.8 Å². The summed E-state index contributed by atoms with van der Waals surface area (Å²) in [4.78, 5) is 24.7. The van der Waals surface area contributed by atoms with Crippen LogP contribution in [0, 0.1) is 5.92 Å². The zero-order valence-corrected chi connectivity index (χ0v) is 16.3. The molecule has 0 unspecified atom stereocenters. The van der Waals surface area contributed by atoms with Crippen LogP contribution in [0.1, 0.15) is 48.8 Å². The molecule has 1 heterocycles. The van der Waals surface area contributed by atoms with Crippen molar-refractivity contribution in [3.8, 4) is 0 Å². The molecule has 1 aliphatic carbocycles. The van der Waals surface area contributed by atoms with E-state index in [1.807, 2.05) is 13.8 Å². The van der Waals surface area contributed by atoms with Gasteiger partial charge in [0.15, 0.2) is 5.82 Å². The molecule has 27 heavy (non-hydrogen) atoms. The molecule has 3 rings (SSSR count). The Labute approximate surface area is 162 Å². The second kappa shape index (κ2) is 8.43. The van der Waals surface area contributed by atoms with Gasteiger partial charge in [0, 0.05) is 12.5 Å². The number of carbonyl (C=O) groups excluding carboxylic acids is 2. The number of nitrogens with one attached hydrogen (secondary N) is 2. The standard InChI is InChI=1S/C18H24N6O2S/c1-11(2)9-20-17(26)13-5-3-4-6-14(13)21-15(25)10-27-18-23-22-16(24(18)19)12-7-8-12/h3-6,11-12H,7-10,19H2,1-2H3,(H,20,26)(H,21,25). The first kappa shape index (κ1) is 19.2. The maximum absolute atomic E-state index is 12.3. The highest BCUT2D eigenvalue weighted by molar-refractivity contribution is 7.99. The Morgan fingerprint density at radius 1 is 1.30 bits per heavy atom. The molecule has 2 amide bonds. The Morgan fingerprint density at radius 2 is 2.04 bits per heavy atom. The molecule has 0 bridgehead atoms. The molecule has 0 atom stereocenters. The van der Waals surface area contributed by atoms with Gasteiger partial charge in [-0.25, -0.2) is 4.68 Å². The molecule has 4 N–H and O–H groups in total. The summed E-state index contributed by atoms with van der Waals surface area (Å²) < 4.78 is 1.46. The lowest BCUT2D eigenvalue weighted by atomic mass is 10.1. The Balaban J connectivity index is 1.58. The number of aromatic nitrogens is 3. The maximum Gasteiger partial charge on any atom is 0.253 e. The third-order valence-electron chi connectivity index (χ3n) is 4.08. The number of anilines is 1. The van der Waals surface area contributed by atoms with Crippen LogP contribution < -0.4 is 16.5 Å². The van der Waals surface area contributed by atoms with Gasteiger partial charge in [-0.05, 0) is 30.9 Å². The van der Waals surface area contributed by atoms with Crippen molar-refractivity contribution in [2.75, 3.05) is 23.5 Å². The Morgan fingerprint density at radius 3 is 2.74 bits per heavy atom. The molecular weight excluding hydrogens is 364 g/mol. The molecule has 9 heteroatoms. The maximum atomic E-state index is 12.3. The number of hydrogen-bond donors (Lipinski definition) is 3. The van der Waals surface area contributed by atoms with Crippen molar-refractivity contribution in [1.82, 2.24) is 20.2 Å². The minimum Gasteiger partial charge on any atom is -0.352 e. The van der Waals surface area contributed by atoms with Gasteiger partial charge in [0.2, 0.25) is 11.1 Å². The van der Waals surface area contributed by atoms with Gasteiger partial charge in [0.25, 0.3) is 5.91 Å². The number of rotatable bonds is 8. The molecule has 0 radical (unpaired) electrons. The van der Waals surface area contributed by atoms with Gasteiger partial charge in [0.1, 0.15) is 0 Å². The number of carbonyl (C=O) groups is 2. The van der Waals surface area contributed by atoms with Crippen molar-refractivity contribution in [3.63, 3.8) is 0 Å². The monoisotopic (exact) mass is 388 g/mol. The van der Waals surface area contributed by atoms with Crippen LogP contribution in [0.25, 0.3) is 0 Å². The van der Waals surface area contributed by atoms with E-state index in [0.717, 1.165) is 18.7 Å². The lowest BCUT2D eigenvalue weighted by Crippen LogP contribution is -2.28. The largest absolute Gasteiger partial charge is 0.352 e. The van der Waals surface area contributed by atoms with E-state index >= 15 is 0 Å². The Kier molecular flexibility index (Phi) is 6.00. The van der Waals surface area contributed by atoms with Crippen molar-refractivity contribution < 1.29 is 9.59 Å². The quantitative estimate of drug-likeness (QED) is 0.470. The second-order valence-electron chi connectivity index (χ2n) is 6.97. The Hall–Kier alpha value is -2.55. The molecule has 2 aromatic rings. The van der Waals surface area contributed by atoms with Gasteiger partial charge in [-0.2, -0.15) is 0 Å². The van der Waals surface area contributed by atoms with Crippen LogP contribution in [-0.4, -0.2) is 39.0 Å². The summed E-state index contributed by atoms with van der Waals surface area (Å²) in [5.41, 5.74) is 0.923. The summed E-state index contributed by atoms with van der Waals surface area (Å²) in [6.45, 7) is 4.62. The molecule has 1 fully saturated rings. The van der Waals surface area contributed by atoms with E-state index in [2.05, 4.69) is 20.8 Å². The van der Waals surface area contributed by atoms with Gasteiger partial charge in [-0.15, -0.1) is 10.2 Å². The number of amides is 2. The highest BCUT2D eigenvalue weighted by Gasteiger charge is 2.30. The number of hydrogen-bond acceptors (Lipinski definition) is 6. The summed E-state index contributed by atoms with van der Waals surface area (Å²) in [5, 5.41) is 14.3. The zero-order valence-electron chi connectivity index (χ0n) is 15.4. The second-order valence-corrected chi connectivity index (χ2v) is 7.91. The zero-order chi connectivity index (χ0) is 19.4. The van der Waals surface area contributed by atoms with Crippen molar-refractivity contribution in [3.05, 3.63) is 35.7 Å². The molecule has 1 aromatic heterocycles. The first-order valence-corrected chi connectivity index (χ1v) is 9.94. The number of nitrogen functional groups attached to an aromatic ring is 1. The number of benzene rings is 1. The van der Waals surface area contributed by atoms with Crippen LogP contribution in [0.5, 0.6) is 0 Å². The molecule has 1 aromatic carbocycles. The predicted molar refractivity (Wildman–Crippen MR) is 105 cm³/mol. The molecule has 1 aliphatic rings. The van der Waals surface area contributed by atoms with Crippen LogP contribution in [0.4, 0.5) is 5.69 Å². The summed E-state index contributed by atoms with van der Waals surface area (Å²) in [6, 6.07) is 6.95. The van der Waals surface area contributed by atoms with E-state index in [1.165, 1.54) is 16.4 Å². The van der Waals surface area contributed by atoms with Gasteiger partial charge in [-0.1, -0.05) is 37.7 Å². The van der Waals surface area contributed by atoms with Crippen LogP contribution in [-0.2, 0) is 4.79 Å². The van der Waals surface area contributed by atoms with Crippen molar-refractivity contribution >= 4 is 29.3 Å². The average Bonchev–Trinajstić information content (AvgIpc) is 3.41.